The van der Waals surface area contributed by atoms with Crippen LogP contribution in [-0.4, -0.2) is 56.3 Å². The first kappa shape index (κ1) is 15.1. The van der Waals surface area contributed by atoms with Gasteiger partial charge in [0.15, 0.2) is 12.7 Å². The maximum Gasteiger partial charge on any atom is 0.336 e. The Morgan fingerprint density at radius 3 is 3.00 bits per heavy atom. The SMILES string of the molecule is COC(=O)C1CN(C(=O)COc2cccc(N)c2)CCO1. The number of rotatable bonds is 4. The lowest BCUT2D eigenvalue weighted by molar-refractivity contribution is -0.163. The number of nitrogens with zero attached hydrogens (tertiary/aromatic N) is 1. The standard InChI is InChI=1S/C14H18N2O5/c1-19-14(18)12-8-16(5-6-20-12)13(17)9-21-11-4-2-3-10(15)7-11/h2-4,7,12H,5-6,8-9,15H2,1H3. The minimum Gasteiger partial charge on any atom is -0.484 e. The second-order valence-electron chi connectivity index (χ2n) is 4.58. The van der Waals surface area contributed by atoms with Crippen LogP contribution in [0.5, 0.6) is 5.75 Å². The van der Waals surface area contributed by atoms with Gasteiger partial charge in [-0.2, -0.15) is 0 Å². The number of carbonyl (C=O) groups is 2. The number of carbonyl (C=O) groups excluding carboxylic acids is 2. The molecule has 1 aromatic rings. The molecule has 1 atom stereocenters. The van der Waals surface area contributed by atoms with Crippen molar-refractivity contribution >= 4 is 17.6 Å². The molecule has 2 N–H and O–H groups in total. The van der Waals surface area contributed by atoms with Crippen LogP contribution >= 0.6 is 0 Å². The molecule has 0 bridgehead atoms. The molecule has 1 aliphatic rings. The summed E-state index contributed by atoms with van der Waals surface area (Å²) in [6.07, 6.45) is -0.736. The van der Waals surface area contributed by atoms with Gasteiger partial charge in [0.25, 0.3) is 5.91 Å². The molecular formula is C14H18N2O5. The highest BCUT2D eigenvalue weighted by atomic mass is 16.6. The number of nitrogen functional groups attached to an aromatic ring is 1. The van der Waals surface area contributed by atoms with Gasteiger partial charge < -0.3 is 24.8 Å². The summed E-state index contributed by atoms with van der Waals surface area (Å²) in [6, 6.07) is 6.85. The van der Waals surface area contributed by atoms with Crippen LogP contribution in [-0.2, 0) is 19.1 Å². The summed E-state index contributed by atoms with van der Waals surface area (Å²) in [4.78, 5) is 25.0. The number of amides is 1. The zero-order chi connectivity index (χ0) is 15.2. The van der Waals surface area contributed by atoms with Crippen LogP contribution in [0, 0.1) is 0 Å². The minimum absolute atomic E-state index is 0.114. The maximum absolute atomic E-state index is 12.1. The van der Waals surface area contributed by atoms with Crippen molar-refractivity contribution in [3.8, 4) is 5.75 Å². The molecule has 0 radical (unpaired) electrons. The van der Waals surface area contributed by atoms with Gasteiger partial charge in [-0.1, -0.05) is 6.07 Å². The predicted molar refractivity (Wildman–Crippen MR) is 74.7 cm³/mol. The molecule has 1 fully saturated rings. The van der Waals surface area contributed by atoms with E-state index in [1.165, 1.54) is 12.0 Å². The molecule has 1 aliphatic heterocycles. The van der Waals surface area contributed by atoms with Crippen LogP contribution in [0.1, 0.15) is 0 Å². The lowest BCUT2D eigenvalue weighted by atomic mass is 10.2. The highest BCUT2D eigenvalue weighted by Crippen LogP contribution is 2.15. The molecule has 1 amide bonds. The van der Waals surface area contributed by atoms with Crippen LogP contribution in [0.2, 0.25) is 0 Å². The second-order valence-corrected chi connectivity index (χ2v) is 4.58. The van der Waals surface area contributed by atoms with Crippen molar-refractivity contribution in [2.24, 2.45) is 0 Å². The molecule has 1 heterocycles. The molecule has 0 spiro atoms. The third-order valence-electron chi connectivity index (χ3n) is 3.10. The van der Waals surface area contributed by atoms with E-state index >= 15 is 0 Å². The average Bonchev–Trinajstić information content (AvgIpc) is 2.52. The molecule has 7 nitrogen and oxygen atoms in total. The van der Waals surface area contributed by atoms with Gasteiger partial charge in [-0.25, -0.2) is 4.79 Å². The second kappa shape index (κ2) is 6.94. The summed E-state index contributed by atoms with van der Waals surface area (Å²) in [5.74, 6) is -0.167. The van der Waals surface area contributed by atoms with Gasteiger partial charge in [0.1, 0.15) is 5.75 Å². The fourth-order valence-corrected chi connectivity index (χ4v) is 1.99. The van der Waals surface area contributed by atoms with E-state index in [-0.39, 0.29) is 19.1 Å². The molecule has 0 aliphatic carbocycles. The number of anilines is 1. The Balaban J connectivity index is 1.86. The number of ether oxygens (including phenoxy) is 3. The van der Waals surface area contributed by atoms with E-state index in [9.17, 15) is 9.59 Å². The summed E-state index contributed by atoms with van der Waals surface area (Å²) < 4.78 is 15.3. The van der Waals surface area contributed by atoms with E-state index in [1.807, 2.05) is 0 Å². The molecule has 1 saturated heterocycles. The highest BCUT2D eigenvalue weighted by molar-refractivity contribution is 5.80. The Kier molecular flexibility index (Phi) is 4.99. The van der Waals surface area contributed by atoms with Crippen LogP contribution in [0.3, 0.4) is 0 Å². The quantitative estimate of drug-likeness (QED) is 0.623. The van der Waals surface area contributed by atoms with Crippen molar-refractivity contribution in [3.05, 3.63) is 24.3 Å². The van der Waals surface area contributed by atoms with E-state index in [1.54, 1.807) is 24.3 Å². The number of esters is 1. The average molecular weight is 294 g/mol. The monoisotopic (exact) mass is 294 g/mol. The van der Waals surface area contributed by atoms with Crippen LogP contribution in [0.4, 0.5) is 5.69 Å². The summed E-state index contributed by atoms with van der Waals surface area (Å²) in [6.45, 7) is 0.777. The number of hydrogen-bond donors (Lipinski definition) is 1. The zero-order valence-electron chi connectivity index (χ0n) is 11.8. The van der Waals surface area contributed by atoms with Crippen molar-refractivity contribution in [2.75, 3.05) is 39.1 Å². The summed E-state index contributed by atoms with van der Waals surface area (Å²) in [5.41, 5.74) is 6.20. The normalized spacial score (nSPS) is 18.1. The largest absolute Gasteiger partial charge is 0.484 e. The van der Waals surface area contributed by atoms with Crippen LogP contribution < -0.4 is 10.5 Å². The zero-order valence-corrected chi connectivity index (χ0v) is 11.8. The maximum atomic E-state index is 12.1. The Morgan fingerprint density at radius 2 is 2.29 bits per heavy atom. The van der Waals surface area contributed by atoms with Crippen molar-refractivity contribution < 1.29 is 23.8 Å². The van der Waals surface area contributed by atoms with Gasteiger partial charge in [0, 0.05) is 18.3 Å². The Hall–Kier alpha value is -2.28. The molecule has 114 valence electrons. The first-order chi connectivity index (χ1) is 10.1. The molecular weight excluding hydrogens is 276 g/mol. The van der Waals surface area contributed by atoms with Gasteiger partial charge in [0.2, 0.25) is 0 Å². The van der Waals surface area contributed by atoms with Gasteiger partial charge in [-0.15, -0.1) is 0 Å². The lowest BCUT2D eigenvalue weighted by Gasteiger charge is -2.31. The van der Waals surface area contributed by atoms with Crippen molar-refractivity contribution in [1.29, 1.82) is 0 Å². The number of benzene rings is 1. The van der Waals surface area contributed by atoms with Crippen molar-refractivity contribution in [3.63, 3.8) is 0 Å². The van der Waals surface area contributed by atoms with E-state index in [2.05, 4.69) is 4.74 Å². The number of hydrogen-bond acceptors (Lipinski definition) is 6. The van der Waals surface area contributed by atoms with E-state index in [0.717, 1.165) is 0 Å². The van der Waals surface area contributed by atoms with E-state index < -0.39 is 12.1 Å². The third kappa shape index (κ3) is 4.09. The van der Waals surface area contributed by atoms with Crippen LogP contribution in [0.25, 0.3) is 0 Å². The Bertz CT molecular complexity index is 520. The summed E-state index contributed by atoms with van der Waals surface area (Å²) >= 11 is 0. The third-order valence-corrected chi connectivity index (χ3v) is 3.10. The number of morpholine rings is 1. The fraction of sp³-hybridized carbons (Fsp3) is 0.429. The molecule has 7 heteroatoms. The fourth-order valence-electron chi connectivity index (χ4n) is 1.99. The van der Waals surface area contributed by atoms with E-state index in [0.29, 0.717) is 24.6 Å². The summed E-state index contributed by atoms with van der Waals surface area (Å²) in [7, 11) is 1.29. The molecule has 1 aromatic carbocycles. The lowest BCUT2D eigenvalue weighted by Crippen LogP contribution is -2.50. The van der Waals surface area contributed by atoms with Gasteiger partial charge in [-0.3, -0.25) is 4.79 Å². The topological polar surface area (TPSA) is 91.1 Å². The number of nitrogens with two attached hydrogens (primary N) is 1. The molecule has 0 aromatic heterocycles. The first-order valence-corrected chi connectivity index (χ1v) is 6.55. The number of methoxy groups -OCH3 is 1. The Morgan fingerprint density at radius 1 is 1.48 bits per heavy atom. The first-order valence-electron chi connectivity index (χ1n) is 6.55. The van der Waals surface area contributed by atoms with Gasteiger partial charge >= 0.3 is 5.97 Å². The van der Waals surface area contributed by atoms with Crippen LogP contribution in [0.15, 0.2) is 24.3 Å². The Labute approximate surface area is 122 Å². The van der Waals surface area contributed by atoms with Gasteiger partial charge in [0.05, 0.1) is 20.3 Å². The van der Waals surface area contributed by atoms with Gasteiger partial charge in [-0.05, 0) is 12.1 Å². The molecule has 21 heavy (non-hydrogen) atoms. The van der Waals surface area contributed by atoms with Crippen molar-refractivity contribution in [1.82, 2.24) is 4.90 Å². The molecule has 1 unspecified atom stereocenters. The highest BCUT2D eigenvalue weighted by Gasteiger charge is 2.29. The van der Waals surface area contributed by atoms with Crippen molar-refractivity contribution in [2.45, 2.75) is 6.10 Å². The summed E-state index contributed by atoms with van der Waals surface area (Å²) in [5, 5.41) is 0. The predicted octanol–water partition coefficient (Wildman–Crippen LogP) is 0.0480. The molecule has 0 saturated carbocycles. The smallest absolute Gasteiger partial charge is 0.336 e. The van der Waals surface area contributed by atoms with E-state index in [4.69, 9.17) is 15.2 Å². The molecule has 2 rings (SSSR count). The minimum atomic E-state index is -0.736.